The molecule has 0 amide bonds. The number of thiophene rings is 1. The van der Waals surface area contributed by atoms with E-state index in [2.05, 4.69) is 30.3 Å². The van der Waals surface area contributed by atoms with Crippen LogP contribution in [-0.4, -0.2) is 16.3 Å². The summed E-state index contributed by atoms with van der Waals surface area (Å²) in [5.41, 5.74) is 3.30. The van der Waals surface area contributed by atoms with E-state index in [9.17, 15) is 0 Å². The van der Waals surface area contributed by atoms with Crippen molar-refractivity contribution in [3.63, 3.8) is 0 Å². The van der Waals surface area contributed by atoms with E-state index >= 15 is 0 Å². The normalized spacial score (nSPS) is 11.1. The van der Waals surface area contributed by atoms with Gasteiger partial charge in [0, 0.05) is 28.9 Å². The maximum atomic E-state index is 6.00. The first kappa shape index (κ1) is 16.0. The first-order valence-corrected chi connectivity index (χ1v) is 8.26. The van der Waals surface area contributed by atoms with Crippen LogP contribution in [0.3, 0.4) is 0 Å². The SMILES string of the molecule is CCCNCc1cc(COc2c(C)nn(C)c2C)c(C)s1. The maximum absolute atomic E-state index is 6.00. The zero-order valence-electron chi connectivity index (χ0n) is 13.6. The fourth-order valence-electron chi connectivity index (χ4n) is 2.32. The molecule has 2 rings (SSSR count). The molecule has 0 aliphatic heterocycles. The standard InChI is InChI=1S/C16H25N3OS/c1-6-7-17-9-15-8-14(13(4)21-15)10-20-16-11(2)18-19(5)12(16)3/h8,17H,6-7,9-10H2,1-5H3. The van der Waals surface area contributed by atoms with Gasteiger partial charge in [-0.25, -0.2) is 0 Å². The number of aryl methyl sites for hydroxylation is 3. The van der Waals surface area contributed by atoms with E-state index in [0.717, 1.165) is 30.2 Å². The van der Waals surface area contributed by atoms with Crippen LogP contribution in [-0.2, 0) is 20.2 Å². The number of aromatic nitrogens is 2. The highest BCUT2D eigenvalue weighted by Gasteiger charge is 2.12. The summed E-state index contributed by atoms with van der Waals surface area (Å²) in [6, 6.07) is 2.25. The van der Waals surface area contributed by atoms with E-state index in [-0.39, 0.29) is 0 Å². The van der Waals surface area contributed by atoms with Gasteiger partial charge in [-0.15, -0.1) is 11.3 Å². The van der Waals surface area contributed by atoms with Crippen molar-refractivity contribution in [1.29, 1.82) is 0 Å². The minimum Gasteiger partial charge on any atom is -0.485 e. The van der Waals surface area contributed by atoms with Gasteiger partial charge in [0.25, 0.3) is 0 Å². The molecule has 0 unspecified atom stereocenters. The lowest BCUT2D eigenvalue weighted by Gasteiger charge is -2.06. The van der Waals surface area contributed by atoms with Crippen molar-refractivity contribution >= 4 is 11.3 Å². The maximum Gasteiger partial charge on any atom is 0.163 e. The Kier molecular flexibility index (Phi) is 5.42. The molecule has 0 saturated carbocycles. The van der Waals surface area contributed by atoms with Gasteiger partial charge < -0.3 is 10.1 Å². The van der Waals surface area contributed by atoms with E-state index in [0.29, 0.717) is 6.61 Å². The fraction of sp³-hybridized carbons (Fsp3) is 0.562. The minimum atomic E-state index is 0.615. The van der Waals surface area contributed by atoms with Gasteiger partial charge in [-0.3, -0.25) is 4.68 Å². The molecule has 0 aliphatic rings. The van der Waals surface area contributed by atoms with E-state index in [1.165, 1.54) is 21.7 Å². The van der Waals surface area contributed by atoms with Gasteiger partial charge in [0.15, 0.2) is 5.75 Å². The molecule has 116 valence electrons. The van der Waals surface area contributed by atoms with E-state index in [1.807, 2.05) is 36.9 Å². The van der Waals surface area contributed by atoms with Crippen molar-refractivity contribution in [2.45, 2.75) is 47.3 Å². The highest BCUT2D eigenvalue weighted by Crippen LogP contribution is 2.26. The van der Waals surface area contributed by atoms with Crippen LogP contribution in [0, 0.1) is 20.8 Å². The Morgan fingerprint density at radius 2 is 2.10 bits per heavy atom. The molecule has 21 heavy (non-hydrogen) atoms. The Morgan fingerprint density at radius 1 is 1.33 bits per heavy atom. The zero-order valence-corrected chi connectivity index (χ0v) is 14.4. The second kappa shape index (κ2) is 7.09. The summed E-state index contributed by atoms with van der Waals surface area (Å²) in [6.07, 6.45) is 1.17. The molecule has 2 heterocycles. The van der Waals surface area contributed by atoms with Gasteiger partial charge >= 0.3 is 0 Å². The van der Waals surface area contributed by atoms with Gasteiger partial charge in [-0.2, -0.15) is 5.10 Å². The van der Waals surface area contributed by atoms with Crippen LogP contribution in [0.25, 0.3) is 0 Å². The topological polar surface area (TPSA) is 39.1 Å². The molecule has 0 atom stereocenters. The largest absolute Gasteiger partial charge is 0.485 e. The first-order valence-electron chi connectivity index (χ1n) is 7.44. The number of nitrogens with one attached hydrogen (secondary N) is 1. The van der Waals surface area contributed by atoms with Crippen LogP contribution < -0.4 is 10.1 Å². The lowest BCUT2D eigenvalue weighted by molar-refractivity contribution is 0.301. The summed E-state index contributed by atoms with van der Waals surface area (Å²) >= 11 is 1.85. The molecular formula is C16H25N3OS. The second-order valence-corrected chi connectivity index (χ2v) is 6.72. The molecule has 2 aromatic heterocycles. The Labute approximate surface area is 131 Å². The number of nitrogens with zero attached hydrogens (tertiary/aromatic N) is 2. The van der Waals surface area contributed by atoms with Crippen molar-refractivity contribution in [2.75, 3.05) is 6.54 Å². The van der Waals surface area contributed by atoms with Gasteiger partial charge in [0.1, 0.15) is 12.3 Å². The quantitative estimate of drug-likeness (QED) is 0.796. The predicted molar refractivity (Wildman–Crippen MR) is 88.1 cm³/mol. The van der Waals surface area contributed by atoms with Crippen molar-refractivity contribution in [1.82, 2.24) is 15.1 Å². The van der Waals surface area contributed by atoms with Crippen LogP contribution >= 0.6 is 11.3 Å². The summed E-state index contributed by atoms with van der Waals surface area (Å²) in [5, 5.41) is 7.83. The number of ether oxygens (including phenoxy) is 1. The molecule has 0 fully saturated rings. The fourth-order valence-corrected chi connectivity index (χ4v) is 3.34. The number of rotatable bonds is 7. The van der Waals surface area contributed by atoms with Crippen LogP contribution in [0.1, 0.15) is 40.1 Å². The van der Waals surface area contributed by atoms with E-state index in [1.54, 1.807) is 0 Å². The molecule has 0 radical (unpaired) electrons. The molecule has 0 bridgehead atoms. The molecule has 0 aromatic carbocycles. The van der Waals surface area contributed by atoms with Crippen molar-refractivity contribution in [3.05, 3.63) is 32.8 Å². The van der Waals surface area contributed by atoms with Crippen molar-refractivity contribution in [2.24, 2.45) is 7.05 Å². The molecule has 4 nitrogen and oxygen atoms in total. The molecule has 0 aliphatic carbocycles. The third-order valence-electron chi connectivity index (χ3n) is 3.61. The Morgan fingerprint density at radius 3 is 2.71 bits per heavy atom. The summed E-state index contributed by atoms with van der Waals surface area (Å²) in [5.74, 6) is 0.911. The Bertz CT molecular complexity index is 601. The van der Waals surface area contributed by atoms with Crippen LogP contribution in [0.5, 0.6) is 5.75 Å². The molecule has 2 aromatic rings. The summed E-state index contributed by atoms with van der Waals surface area (Å²) in [7, 11) is 1.95. The third kappa shape index (κ3) is 3.86. The molecule has 1 N–H and O–H groups in total. The van der Waals surface area contributed by atoms with Crippen LogP contribution in [0.4, 0.5) is 0 Å². The van der Waals surface area contributed by atoms with Crippen molar-refractivity contribution in [3.8, 4) is 5.75 Å². The average Bonchev–Trinajstić information content (AvgIpc) is 2.90. The highest BCUT2D eigenvalue weighted by atomic mass is 32.1. The van der Waals surface area contributed by atoms with E-state index in [4.69, 9.17) is 4.74 Å². The van der Waals surface area contributed by atoms with Crippen LogP contribution in [0.2, 0.25) is 0 Å². The monoisotopic (exact) mass is 307 g/mol. The Hall–Kier alpha value is -1.33. The molecular weight excluding hydrogens is 282 g/mol. The van der Waals surface area contributed by atoms with Crippen LogP contribution in [0.15, 0.2) is 6.07 Å². The van der Waals surface area contributed by atoms with Gasteiger partial charge in [-0.1, -0.05) is 6.92 Å². The average molecular weight is 307 g/mol. The highest BCUT2D eigenvalue weighted by molar-refractivity contribution is 7.12. The van der Waals surface area contributed by atoms with Crippen molar-refractivity contribution < 1.29 is 4.74 Å². The van der Waals surface area contributed by atoms with Gasteiger partial charge in [-0.05, 0) is 39.8 Å². The molecule has 0 spiro atoms. The smallest absolute Gasteiger partial charge is 0.163 e. The third-order valence-corrected chi connectivity index (χ3v) is 4.71. The summed E-state index contributed by atoms with van der Waals surface area (Å²) in [4.78, 5) is 2.71. The predicted octanol–water partition coefficient (Wildman–Crippen LogP) is 3.49. The van der Waals surface area contributed by atoms with Gasteiger partial charge in [0.05, 0.1) is 5.69 Å². The first-order chi connectivity index (χ1) is 10.0. The summed E-state index contributed by atoms with van der Waals surface area (Å²) < 4.78 is 7.86. The number of hydrogen-bond acceptors (Lipinski definition) is 4. The molecule has 5 heteroatoms. The lowest BCUT2D eigenvalue weighted by atomic mass is 10.2. The summed E-state index contributed by atoms with van der Waals surface area (Å²) in [6.45, 7) is 11.0. The number of hydrogen-bond donors (Lipinski definition) is 1. The Balaban J connectivity index is 2.00. The van der Waals surface area contributed by atoms with Gasteiger partial charge in [0.2, 0.25) is 0 Å². The lowest BCUT2D eigenvalue weighted by Crippen LogP contribution is -2.12. The second-order valence-electron chi connectivity index (χ2n) is 5.38. The van der Waals surface area contributed by atoms with E-state index < -0.39 is 0 Å². The zero-order chi connectivity index (χ0) is 15.4. The minimum absolute atomic E-state index is 0.615. The molecule has 0 saturated heterocycles.